The zero-order valence-electron chi connectivity index (χ0n) is 9.82. The van der Waals surface area contributed by atoms with Crippen molar-refractivity contribution in [3.05, 3.63) is 53.2 Å². The Hall–Kier alpha value is -1.61. The van der Waals surface area contributed by atoms with Crippen molar-refractivity contribution >= 4 is 0 Å². The predicted octanol–water partition coefficient (Wildman–Crippen LogP) is 2.60. The molecule has 3 heteroatoms. The SMILES string of the molecule is CNC(c1ccco1)c1ncc(C)cc1C. The zero-order valence-corrected chi connectivity index (χ0v) is 9.82. The third kappa shape index (κ3) is 1.99. The van der Waals surface area contributed by atoms with Crippen LogP contribution in [0.5, 0.6) is 0 Å². The van der Waals surface area contributed by atoms with E-state index in [9.17, 15) is 0 Å². The average molecular weight is 216 g/mol. The van der Waals surface area contributed by atoms with E-state index in [1.54, 1.807) is 6.26 Å². The van der Waals surface area contributed by atoms with Crippen molar-refractivity contribution in [2.24, 2.45) is 0 Å². The Bertz CT molecular complexity index is 463. The van der Waals surface area contributed by atoms with Crippen LogP contribution in [0.15, 0.2) is 35.1 Å². The van der Waals surface area contributed by atoms with E-state index in [0.717, 1.165) is 11.5 Å². The van der Waals surface area contributed by atoms with Gasteiger partial charge in [0.15, 0.2) is 0 Å². The van der Waals surface area contributed by atoms with Crippen LogP contribution in [0.1, 0.15) is 28.6 Å². The van der Waals surface area contributed by atoms with Crippen LogP contribution in [0, 0.1) is 13.8 Å². The van der Waals surface area contributed by atoms with E-state index in [0.29, 0.717) is 0 Å². The Morgan fingerprint density at radius 1 is 1.38 bits per heavy atom. The summed E-state index contributed by atoms with van der Waals surface area (Å²) in [4.78, 5) is 4.48. The molecule has 0 saturated heterocycles. The smallest absolute Gasteiger partial charge is 0.126 e. The van der Waals surface area contributed by atoms with Crippen molar-refractivity contribution in [2.45, 2.75) is 19.9 Å². The third-order valence-electron chi connectivity index (χ3n) is 2.65. The van der Waals surface area contributed by atoms with Crippen LogP contribution in [-0.4, -0.2) is 12.0 Å². The summed E-state index contributed by atoms with van der Waals surface area (Å²) < 4.78 is 5.42. The highest BCUT2D eigenvalue weighted by molar-refractivity contribution is 5.30. The van der Waals surface area contributed by atoms with E-state index in [-0.39, 0.29) is 6.04 Å². The van der Waals surface area contributed by atoms with Crippen LogP contribution in [0.4, 0.5) is 0 Å². The number of aryl methyl sites for hydroxylation is 2. The molecule has 2 rings (SSSR count). The molecule has 0 spiro atoms. The number of rotatable bonds is 3. The predicted molar refractivity (Wildman–Crippen MR) is 63.3 cm³/mol. The summed E-state index contributed by atoms with van der Waals surface area (Å²) >= 11 is 0. The standard InChI is InChI=1S/C13H16N2O/c1-9-7-10(2)12(15-8-9)13(14-3)11-5-4-6-16-11/h4-8,13-14H,1-3H3. The topological polar surface area (TPSA) is 38.1 Å². The largest absolute Gasteiger partial charge is 0.467 e. The molecule has 0 aliphatic heterocycles. The van der Waals surface area contributed by atoms with Gasteiger partial charge in [0.2, 0.25) is 0 Å². The molecule has 1 unspecified atom stereocenters. The fourth-order valence-corrected chi connectivity index (χ4v) is 1.90. The van der Waals surface area contributed by atoms with Gasteiger partial charge in [0.1, 0.15) is 11.8 Å². The molecular weight excluding hydrogens is 200 g/mol. The highest BCUT2D eigenvalue weighted by Gasteiger charge is 2.17. The van der Waals surface area contributed by atoms with Gasteiger partial charge in [-0.25, -0.2) is 0 Å². The number of nitrogens with zero attached hydrogens (tertiary/aromatic N) is 1. The van der Waals surface area contributed by atoms with Gasteiger partial charge in [-0.2, -0.15) is 0 Å². The molecular formula is C13H16N2O. The van der Waals surface area contributed by atoms with Gasteiger partial charge in [0.05, 0.1) is 12.0 Å². The molecule has 2 aromatic heterocycles. The van der Waals surface area contributed by atoms with Crippen molar-refractivity contribution in [2.75, 3.05) is 7.05 Å². The minimum absolute atomic E-state index is 0.0237. The second-order valence-electron chi connectivity index (χ2n) is 3.95. The molecule has 0 aromatic carbocycles. The van der Waals surface area contributed by atoms with Gasteiger partial charge in [-0.05, 0) is 44.2 Å². The summed E-state index contributed by atoms with van der Waals surface area (Å²) in [5, 5.41) is 3.22. The maximum atomic E-state index is 5.42. The minimum atomic E-state index is 0.0237. The van der Waals surface area contributed by atoms with Gasteiger partial charge >= 0.3 is 0 Å². The number of nitrogens with one attached hydrogen (secondary N) is 1. The third-order valence-corrected chi connectivity index (χ3v) is 2.65. The van der Waals surface area contributed by atoms with Gasteiger partial charge in [0, 0.05) is 6.20 Å². The van der Waals surface area contributed by atoms with E-state index in [2.05, 4.69) is 23.3 Å². The Balaban J connectivity index is 2.41. The first-order valence-corrected chi connectivity index (χ1v) is 5.36. The van der Waals surface area contributed by atoms with Crippen LogP contribution in [-0.2, 0) is 0 Å². The molecule has 16 heavy (non-hydrogen) atoms. The Morgan fingerprint density at radius 2 is 2.19 bits per heavy atom. The van der Waals surface area contributed by atoms with E-state index in [1.807, 2.05) is 32.3 Å². The lowest BCUT2D eigenvalue weighted by atomic mass is 10.0. The van der Waals surface area contributed by atoms with Gasteiger partial charge in [-0.15, -0.1) is 0 Å². The number of hydrogen-bond acceptors (Lipinski definition) is 3. The van der Waals surface area contributed by atoms with Crippen molar-refractivity contribution in [3.63, 3.8) is 0 Å². The van der Waals surface area contributed by atoms with Crippen LogP contribution in [0.2, 0.25) is 0 Å². The highest BCUT2D eigenvalue weighted by Crippen LogP contribution is 2.23. The van der Waals surface area contributed by atoms with Gasteiger partial charge in [0.25, 0.3) is 0 Å². The summed E-state index contributed by atoms with van der Waals surface area (Å²) in [7, 11) is 1.91. The molecule has 0 aliphatic rings. The number of furan rings is 1. The molecule has 1 N–H and O–H groups in total. The molecule has 3 nitrogen and oxygen atoms in total. The first kappa shape index (κ1) is 10.9. The summed E-state index contributed by atoms with van der Waals surface area (Å²) in [5.41, 5.74) is 3.37. The zero-order chi connectivity index (χ0) is 11.5. The number of pyridine rings is 1. The van der Waals surface area contributed by atoms with Crippen molar-refractivity contribution in [3.8, 4) is 0 Å². The van der Waals surface area contributed by atoms with E-state index in [1.165, 1.54) is 11.1 Å². The van der Waals surface area contributed by atoms with Crippen LogP contribution >= 0.6 is 0 Å². The monoisotopic (exact) mass is 216 g/mol. The Labute approximate surface area is 95.5 Å². The molecule has 0 amide bonds. The van der Waals surface area contributed by atoms with Gasteiger partial charge < -0.3 is 9.73 Å². The fraction of sp³-hybridized carbons (Fsp3) is 0.308. The number of aromatic nitrogens is 1. The Kier molecular flexibility index (Phi) is 3.06. The maximum absolute atomic E-state index is 5.42. The van der Waals surface area contributed by atoms with Crippen molar-refractivity contribution < 1.29 is 4.42 Å². The second-order valence-corrected chi connectivity index (χ2v) is 3.95. The van der Waals surface area contributed by atoms with E-state index < -0.39 is 0 Å². The molecule has 0 fully saturated rings. The highest BCUT2D eigenvalue weighted by atomic mass is 16.3. The van der Waals surface area contributed by atoms with E-state index >= 15 is 0 Å². The molecule has 0 bridgehead atoms. The number of hydrogen-bond donors (Lipinski definition) is 1. The Morgan fingerprint density at radius 3 is 2.75 bits per heavy atom. The van der Waals surface area contributed by atoms with Gasteiger partial charge in [-0.3, -0.25) is 4.98 Å². The first-order chi connectivity index (χ1) is 7.72. The molecule has 2 aromatic rings. The van der Waals surface area contributed by atoms with Crippen LogP contribution in [0.25, 0.3) is 0 Å². The summed E-state index contributed by atoms with van der Waals surface area (Å²) in [6.45, 7) is 4.12. The molecule has 0 radical (unpaired) electrons. The van der Waals surface area contributed by atoms with Crippen LogP contribution < -0.4 is 5.32 Å². The maximum Gasteiger partial charge on any atom is 0.126 e. The fourth-order valence-electron chi connectivity index (χ4n) is 1.90. The molecule has 1 atom stereocenters. The lowest BCUT2D eigenvalue weighted by Crippen LogP contribution is -2.19. The first-order valence-electron chi connectivity index (χ1n) is 5.36. The summed E-state index contributed by atoms with van der Waals surface area (Å²) in [6, 6.07) is 6.01. The average Bonchev–Trinajstić information content (AvgIpc) is 2.75. The molecule has 84 valence electrons. The van der Waals surface area contributed by atoms with Crippen molar-refractivity contribution in [1.82, 2.24) is 10.3 Å². The lowest BCUT2D eigenvalue weighted by molar-refractivity contribution is 0.458. The van der Waals surface area contributed by atoms with Crippen LogP contribution in [0.3, 0.4) is 0 Å². The van der Waals surface area contributed by atoms with Crippen molar-refractivity contribution in [1.29, 1.82) is 0 Å². The molecule has 0 saturated carbocycles. The van der Waals surface area contributed by atoms with E-state index in [4.69, 9.17) is 4.42 Å². The van der Waals surface area contributed by atoms with Gasteiger partial charge in [-0.1, -0.05) is 6.07 Å². The normalized spacial score (nSPS) is 12.7. The summed E-state index contributed by atoms with van der Waals surface area (Å²) in [6.07, 6.45) is 3.57. The summed E-state index contributed by atoms with van der Waals surface area (Å²) in [5.74, 6) is 0.891. The lowest BCUT2D eigenvalue weighted by Gasteiger charge is -2.15. The molecule has 2 heterocycles. The second kappa shape index (κ2) is 4.49. The minimum Gasteiger partial charge on any atom is -0.467 e. The molecule has 0 aliphatic carbocycles. The quantitative estimate of drug-likeness (QED) is 0.857.